The molecule has 0 aliphatic carbocycles. The first kappa shape index (κ1) is 24.2. The number of unbranched alkanes of at least 4 members (excludes halogenated alkanes) is 1. The van der Waals surface area contributed by atoms with E-state index in [0.29, 0.717) is 13.2 Å². The number of guanidine groups is 1. The van der Waals surface area contributed by atoms with E-state index >= 15 is 0 Å². The summed E-state index contributed by atoms with van der Waals surface area (Å²) in [5.74, 6) is 1.68. The molecule has 0 radical (unpaired) electrons. The molecule has 0 aromatic heterocycles. The first-order chi connectivity index (χ1) is 13.3. The molecule has 0 bridgehead atoms. The van der Waals surface area contributed by atoms with Gasteiger partial charge in [0, 0.05) is 33.4 Å². The molecule has 2 N–H and O–H groups in total. The molecule has 6 heteroatoms. The predicted octanol–water partition coefficient (Wildman–Crippen LogP) is 4.37. The van der Waals surface area contributed by atoms with Crippen molar-refractivity contribution in [3.63, 3.8) is 0 Å². The van der Waals surface area contributed by atoms with Crippen molar-refractivity contribution in [2.45, 2.75) is 32.9 Å². The smallest absolute Gasteiger partial charge is 0.191 e. The summed E-state index contributed by atoms with van der Waals surface area (Å²) < 4.78 is 11.2. The van der Waals surface area contributed by atoms with E-state index in [1.165, 1.54) is 0 Å². The van der Waals surface area contributed by atoms with E-state index in [2.05, 4.69) is 39.9 Å². The number of benzene rings is 2. The van der Waals surface area contributed by atoms with E-state index in [0.717, 1.165) is 55.4 Å². The highest BCUT2D eigenvalue weighted by Crippen LogP contribution is 2.15. The standard InChI is InChI=1S/C22H31N3O2.HI/c1-3-26-15-8-7-14-24-22(23-2)25-17-20-12-9-13-21(16-20)27-18-19-10-5-4-6-11-19;/h4-6,9-13,16H,3,7-8,14-15,17-18H2,1-2H3,(H2,23,24,25);1H. The summed E-state index contributed by atoms with van der Waals surface area (Å²) >= 11 is 0. The number of halogens is 1. The first-order valence-corrected chi connectivity index (χ1v) is 9.59. The van der Waals surface area contributed by atoms with Crippen LogP contribution in [0, 0.1) is 0 Å². The maximum atomic E-state index is 5.89. The normalized spacial score (nSPS) is 10.9. The highest BCUT2D eigenvalue weighted by molar-refractivity contribution is 14.0. The van der Waals surface area contributed by atoms with Gasteiger partial charge in [0.2, 0.25) is 0 Å². The van der Waals surface area contributed by atoms with Gasteiger partial charge in [0.05, 0.1) is 0 Å². The van der Waals surface area contributed by atoms with Gasteiger partial charge in [-0.2, -0.15) is 0 Å². The molecule has 2 aromatic carbocycles. The molecule has 28 heavy (non-hydrogen) atoms. The van der Waals surface area contributed by atoms with Crippen molar-refractivity contribution in [2.75, 3.05) is 26.8 Å². The molecule has 0 atom stereocenters. The van der Waals surface area contributed by atoms with Crippen molar-refractivity contribution in [2.24, 2.45) is 4.99 Å². The van der Waals surface area contributed by atoms with Gasteiger partial charge >= 0.3 is 0 Å². The predicted molar refractivity (Wildman–Crippen MR) is 127 cm³/mol. The second-order valence-electron chi connectivity index (χ2n) is 6.18. The van der Waals surface area contributed by atoms with Crippen LogP contribution >= 0.6 is 24.0 Å². The summed E-state index contributed by atoms with van der Waals surface area (Å²) in [7, 11) is 1.79. The van der Waals surface area contributed by atoms with Crippen molar-refractivity contribution in [3.8, 4) is 5.75 Å². The average Bonchev–Trinajstić information content (AvgIpc) is 2.72. The lowest BCUT2D eigenvalue weighted by Gasteiger charge is -2.13. The third-order valence-electron chi connectivity index (χ3n) is 4.04. The summed E-state index contributed by atoms with van der Waals surface area (Å²) in [6, 6.07) is 18.3. The van der Waals surface area contributed by atoms with E-state index in [9.17, 15) is 0 Å². The third kappa shape index (κ3) is 9.94. The molecule has 0 aliphatic rings. The molecule has 0 spiro atoms. The Balaban J connectivity index is 0.00000392. The largest absolute Gasteiger partial charge is 0.489 e. The van der Waals surface area contributed by atoms with E-state index in [4.69, 9.17) is 9.47 Å². The lowest BCUT2D eigenvalue weighted by Crippen LogP contribution is -2.37. The van der Waals surface area contributed by atoms with Crippen LogP contribution in [0.25, 0.3) is 0 Å². The molecule has 0 saturated heterocycles. The summed E-state index contributed by atoms with van der Waals surface area (Å²) in [5, 5.41) is 6.67. The van der Waals surface area contributed by atoms with Gasteiger partial charge in [-0.15, -0.1) is 24.0 Å². The average molecular weight is 497 g/mol. The van der Waals surface area contributed by atoms with E-state index in [-0.39, 0.29) is 24.0 Å². The maximum Gasteiger partial charge on any atom is 0.191 e. The minimum absolute atomic E-state index is 0. The second kappa shape index (κ2) is 15.2. The SMILES string of the molecule is CCOCCCCNC(=NC)NCc1cccc(OCc2ccccc2)c1.I. The Morgan fingerprint density at radius 3 is 2.50 bits per heavy atom. The minimum Gasteiger partial charge on any atom is -0.489 e. The number of nitrogens with zero attached hydrogens (tertiary/aromatic N) is 1. The molecular weight excluding hydrogens is 465 g/mol. The van der Waals surface area contributed by atoms with Gasteiger partial charge in [0.15, 0.2) is 5.96 Å². The Kier molecular flexibility index (Phi) is 13.1. The first-order valence-electron chi connectivity index (χ1n) is 9.59. The van der Waals surface area contributed by atoms with Gasteiger partial charge in [-0.05, 0) is 43.0 Å². The van der Waals surface area contributed by atoms with E-state index in [1.54, 1.807) is 7.05 Å². The van der Waals surface area contributed by atoms with Crippen molar-refractivity contribution >= 4 is 29.9 Å². The van der Waals surface area contributed by atoms with Crippen molar-refractivity contribution in [1.82, 2.24) is 10.6 Å². The molecule has 0 aliphatic heterocycles. The van der Waals surface area contributed by atoms with Gasteiger partial charge < -0.3 is 20.1 Å². The van der Waals surface area contributed by atoms with Gasteiger partial charge in [-0.3, -0.25) is 4.99 Å². The number of hydrogen-bond donors (Lipinski definition) is 2. The summed E-state index contributed by atoms with van der Waals surface area (Å²) in [6.45, 7) is 5.77. The fourth-order valence-electron chi connectivity index (χ4n) is 2.57. The third-order valence-corrected chi connectivity index (χ3v) is 4.04. The number of ether oxygens (including phenoxy) is 2. The molecule has 0 unspecified atom stereocenters. The molecule has 0 heterocycles. The van der Waals surface area contributed by atoms with Crippen LogP contribution in [-0.2, 0) is 17.9 Å². The van der Waals surface area contributed by atoms with E-state index < -0.39 is 0 Å². The second-order valence-corrected chi connectivity index (χ2v) is 6.18. The zero-order chi connectivity index (χ0) is 19.2. The summed E-state index contributed by atoms with van der Waals surface area (Å²) in [6.07, 6.45) is 2.11. The Hall–Kier alpha value is -1.80. The molecular formula is C22H32IN3O2. The van der Waals surface area contributed by atoms with Crippen molar-refractivity contribution in [1.29, 1.82) is 0 Å². The van der Waals surface area contributed by atoms with Crippen LogP contribution in [0.15, 0.2) is 59.6 Å². The number of hydrogen-bond acceptors (Lipinski definition) is 3. The van der Waals surface area contributed by atoms with Gasteiger partial charge in [-0.25, -0.2) is 0 Å². The quantitative estimate of drug-likeness (QED) is 0.210. The van der Waals surface area contributed by atoms with Crippen molar-refractivity contribution in [3.05, 3.63) is 65.7 Å². The number of nitrogens with one attached hydrogen (secondary N) is 2. The zero-order valence-corrected chi connectivity index (χ0v) is 19.1. The van der Waals surface area contributed by atoms with Crippen LogP contribution in [0.4, 0.5) is 0 Å². The topological polar surface area (TPSA) is 54.9 Å². The van der Waals surface area contributed by atoms with Crippen LogP contribution in [0.5, 0.6) is 5.75 Å². The van der Waals surface area contributed by atoms with Crippen LogP contribution in [-0.4, -0.2) is 32.8 Å². The molecule has 0 amide bonds. The highest BCUT2D eigenvalue weighted by atomic mass is 127. The Morgan fingerprint density at radius 1 is 0.964 bits per heavy atom. The molecule has 0 fully saturated rings. The van der Waals surface area contributed by atoms with Gasteiger partial charge in [0.1, 0.15) is 12.4 Å². The zero-order valence-electron chi connectivity index (χ0n) is 16.8. The Morgan fingerprint density at radius 2 is 1.75 bits per heavy atom. The molecule has 2 aromatic rings. The van der Waals surface area contributed by atoms with Gasteiger partial charge in [0.25, 0.3) is 0 Å². The van der Waals surface area contributed by atoms with Crippen LogP contribution in [0.3, 0.4) is 0 Å². The molecule has 2 rings (SSSR count). The van der Waals surface area contributed by atoms with Crippen LogP contribution < -0.4 is 15.4 Å². The fraction of sp³-hybridized carbons (Fsp3) is 0.409. The molecule has 0 saturated carbocycles. The van der Waals surface area contributed by atoms with Crippen LogP contribution in [0.1, 0.15) is 30.9 Å². The summed E-state index contributed by atoms with van der Waals surface area (Å²) in [5.41, 5.74) is 2.31. The fourth-order valence-corrected chi connectivity index (χ4v) is 2.57. The molecule has 154 valence electrons. The van der Waals surface area contributed by atoms with Crippen molar-refractivity contribution < 1.29 is 9.47 Å². The van der Waals surface area contributed by atoms with Gasteiger partial charge in [-0.1, -0.05) is 42.5 Å². The Bertz CT molecular complexity index is 680. The lowest BCUT2D eigenvalue weighted by atomic mass is 10.2. The summed E-state index contributed by atoms with van der Waals surface area (Å²) in [4.78, 5) is 4.27. The molecule has 5 nitrogen and oxygen atoms in total. The van der Waals surface area contributed by atoms with Crippen LogP contribution in [0.2, 0.25) is 0 Å². The number of rotatable bonds is 11. The highest BCUT2D eigenvalue weighted by Gasteiger charge is 2.01. The number of aliphatic imine (C=N–C) groups is 1. The lowest BCUT2D eigenvalue weighted by molar-refractivity contribution is 0.143. The minimum atomic E-state index is 0. The monoisotopic (exact) mass is 497 g/mol. The van der Waals surface area contributed by atoms with E-state index in [1.807, 2.05) is 37.3 Å². The Labute approximate surface area is 186 Å². The maximum absolute atomic E-state index is 5.89.